The van der Waals surface area contributed by atoms with Crippen LogP contribution in [0.15, 0.2) is 27.6 Å². The van der Waals surface area contributed by atoms with Crippen molar-refractivity contribution in [2.24, 2.45) is 34.5 Å². The Labute approximate surface area is 183 Å². The first kappa shape index (κ1) is 21.0. The van der Waals surface area contributed by atoms with E-state index in [1.807, 2.05) is 6.07 Å². The van der Waals surface area contributed by atoms with Crippen LogP contribution in [0.4, 0.5) is 0 Å². The Morgan fingerprint density at radius 1 is 1.06 bits per heavy atom. The molecule has 0 aliphatic heterocycles. The lowest BCUT2D eigenvalue weighted by Crippen LogP contribution is -2.54. The molecular weight excluding hydrogens is 392 g/mol. The summed E-state index contributed by atoms with van der Waals surface area (Å²) in [5, 5.41) is 0. The highest BCUT2D eigenvalue weighted by molar-refractivity contribution is 5.86. The van der Waals surface area contributed by atoms with Crippen molar-refractivity contribution in [3.63, 3.8) is 0 Å². The fourth-order valence-electron chi connectivity index (χ4n) is 8.42. The third-order valence-corrected chi connectivity index (χ3v) is 9.84. The average molecular weight is 427 g/mol. The number of Topliss-reactive ketones (excluding diaryl/α,β-unsaturated/α-hetero) is 1. The maximum atomic E-state index is 13.4. The van der Waals surface area contributed by atoms with Crippen LogP contribution in [0.1, 0.15) is 83.6 Å². The Kier molecular flexibility index (Phi) is 4.95. The van der Waals surface area contributed by atoms with Gasteiger partial charge in [0.2, 0.25) is 0 Å². The Hall–Kier alpha value is -1.91. The lowest BCUT2D eigenvalue weighted by atomic mass is 9.44. The van der Waals surface area contributed by atoms with Gasteiger partial charge >= 0.3 is 11.6 Å². The van der Waals surface area contributed by atoms with E-state index in [0.717, 1.165) is 50.5 Å². The molecule has 0 amide bonds. The normalized spacial score (nSPS) is 44.2. The summed E-state index contributed by atoms with van der Waals surface area (Å²) in [6.45, 7) is 6.26. The Balaban J connectivity index is 1.41. The van der Waals surface area contributed by atoms with Gasteiger partial charge in [0.25, 0.3) is 0 Å². The fraction of sp³-hybridized carbons (Fsp3) is 0.731. The fourth-order valence-corrected chi connectivity index (χ4v) is 8.42. The smallest absolute Gasteiger partial charge is 0.335 e. The van der Waals surface area contributed by atoms with Gasteiger partial charge in [-0.05, 0) is 91.1 Å². The number of rotatable bonds is 2. The molecule has 0 N–H and O–H groups in total. The van der Waals surface area contributed by atoms with E-state index in [1.165, 1.54) is 13.0 Å². The van der Waals surface area contributed by atoms with Crippen molar-refractivity contribution in [1.82, 2.24) is 0 Å². The van der Waals surface area contributed by atoms with Crippen LogP contribution >= 0.6 is 0 Å². The minimum atomic E-state index is -0.339. The van der Waals surface area contributed by atoms with Gasteiger partial charge in [0, 0.05) is 25.3 Å². The van der Waals surface area contributed by atoms with Crippen molar-refractivity contribution in [2.75, 3.05) is 0 Å². The van der Waals surface area contributed by atoms with E-state index in [1.54, 1.807) is 6.26 Å². The quantitative estimate of drug-likeness (QED) is 0.631. The second kappa shape index (κ2) is 7.31. The van der Waals surface area contributed by atoms with E-state index < -0.39 is 0 Å². The van der Waals surface area contributed by atoms with Crippen LogP contribution in [0.25, 0.3) is 0 Å². The molecule has 0 spiro atoms. The largest absolute Gasteiger partial charge is 0.463 e. The van der Waals surface area contributed by atoms with Crippen LogP contribution in [0.2, 0.25) is 0 Å². The van der Waals surface area contributed by atoms with Gasteiger partial charge in [0.05, 0.1) is 6.26 Å². The molecule has 4 saturated carbocycles. The number of fused-ring (bicyclic) bond motifs is 5. The topological polar surface area (TPSA) is 73.6 Å². The summed E-state index contributed by atoms with van der Waals surface area (Å²) in [6.07, 6.45) is 9.63. The summed E-state index contributed by atoms with van der Waals surface area (Å²) in [7, 11) is 0. The predicted octanol–water partition coefficient (Wildman–Crippen LogP) is 4.88. The second-order valence-corrected chi connectivity index (χ2v) is 11.2. The van der Waals surface area contributed by atoms with Crippen LogP contribution < -0.4 is 5.63 Å². The van der Waals surface area contributed by atoms with Crippen molar-refractivity contribution >= 4 is 11.8 Å². The zero-order chi connectivity index (χ0) is 22.0. The number of ether oxygens (including phenoxy) is 1. The molecule has 1 aromatic rings. The minimum absolute atomic E-state index is 0.0592. The predicted molar refractivity (Wildman–Crippen MR) is 115 cm³/mol. The molecule has 0 saturated heterocycles. The van der Waals surface area contributed by atoms with Crippen molar-refractivity contribution in [3.8, 4) is 0 Å². The highest BCUT2D eigenvalue weighted by Crippen LogP contribution is 2.68. The molecule has 1 aromatic heterocycles. The molecule has 0 bridgehead atoms. The number of ketones is 1. The lowest BCUT2D eigenvalue weighted by molar-refractivity contribution is -0.161. The zero-order valence-corrected chi connectivity index (χ0v) is 18.9. The van der Waals surface area contributed by atoms with Gasteiger partial charge < -0.3 is 9.15 Å². The third kappa shape index (κ3) is 3.22. The van der Waals surface area contributed by atoms with Gasteiger partial charge in [-0.15, -0.1) is 0 Å². The van der Waals surface area contributed by atoms with Gasteiger partial charge in [0.15, 0.2) is 0 Å². The molecule has 5 heteroatoms. The zero-order valence-electron chi connectivity index (χ0n) is 18.9. The number of esters is 1. The number of hydrogen-bond acceptors (Lipinski definition) is 5. The molecule has 4 fully saturated rings. The van der Waals surface area contributed by atoms with Crippen LogP contribution in [0, 0.1) is 34.5 Å². The summed E-state index contributed by atoms with van der Waals surface area (Å²) >= 11 is 0. The summed E-state index contributed by atoms with van der Waals surface area (Å²) in [6, 6.07) is 3.34. The average Bonchev–Trinajstić information content (AvgIpc) is 2.99. The summed E-state index contributed by atoms with van der Waals surface area (Å²) in [5.74, 6) is 2.07. The molecule has 5 rings (SSSR count). The van der Waals surface area contributed by atoms with E-state index in [2.05, 4.69) is 13.8 Å². The van der Waals surface area contributed by atoms with E-state index >= 15 is 0 Å². The standard InChI is InChI=1S/C26H34O5/c1-15(27)31-18-8-10-25(2)17(12-18)5-6-19-20(25)9-11-26(3)21(13-22(28)24(19)26)16-4-7-23(29)30-14-16/h4,7,14,17-21,24H,5-6,8-13H2,1-3H3. The molecule has 8 unspecified atom stereocenters. The summed E-state index contributed by atoms with van der Waals surface area (Å²) in [5.41, 5.74) is 0.835. The first-order valence-electron chi connectivity index (χ1n) is 12.0. The maximum Gasteiger partial charge on any atom is 0.335 e. The molecule has 4 aliphatic rings. The Morgan fingerprint density at radius 3 is 2.55 bits per heavy atom. The Morgan fingerprint density at radius 2 is 1.84 bits per heavy atom. The molecule has 4 aliphatic carbocycles. The van der Waals surface area contributed by atoms with E-state index in [4.69, 9.17) is 9.15 Å². The highest BCUT2D eigenvalue weighted by atomic mass is 16.5. The molecule has 8 atom stereocenters. The molecule has 1 heterocycles. The van der Waals surface area contributed by atoms with Gasteiger partial charge in [-0.1, -0.05) is 13.8 Å². The van der Waals surface area contributed by atoms with E-state index in [9.17, 15) is 14.4 Å². The lowest BCUT2D eigenvalue weighted by Gasteiger charge is -2.60. The van der Waals surface area contributed by atoms with Crippen LogP contribution in [-0.2, 0) is 14.3 Å². The summed E-state index contributed by atoms with van der Waals surface area (Å²) in [4.78, 5) is 36.3. The summed E-state index contributed by atoms with van der Waals surface area (Å²) < 4.78 is 10.7. The number of carbonyl (C=O) groups is 2. The minimum Gasteiger partial charge on any atom is -0.463 e. The van der Waals surface area contributed by atoms with Crippen LogP contribution in [0.5, 0.6) is 0 Å². The SMILES string of the molecule is CC(=O)OC1CCC2(C)C(CCC3C2CCC2(C)C(c4ccc(=O)oc4)CC(=O)C32)C1. The van der Waals surface area contributed by atoms with Crippen molar-refractivity contribution in [2.45, 2.75) is 84.2 Å². The van der Waals surface area contributed by atoms with Crippen molar-refractivity contribution in [1.29, 1.82) is 0 Å². The van der Waals surface area contributed by atoms with E-state index in [-0.39, 0.29) is 40.4 Å². The van der Waals surface area contributed by atoms with Gasteiger partial charge in [-0.25, -0.2) is 4.79 Å². The number of hydrogen-bond donors (Lipinski definition) is 0. The van der Waals surface area contributed by atoms with Crippen LogP contribution in [0.3, 0.4) is 0 Å². The van der Waals surface area contributed by atoms with Crippen molar-refractivity contribution in [3.05, 3.63) is 34.4 Å². The van der Waals surface area contributed by atoms with Crippen LogP contribution in [-0.4, -0.2) is 17.9 Å². The monoisotopic (exact) mass is 426 g/mol. The van der Waals surface area contributed by atoms with Gasteiger partial charge in [-0.3, -0.25) is 9.59 Å². The molecular formula is C26H34O5. The molecule has 31 heavy (non-hydrogen) atoms. The van der Waals surface area contributed by atoms with Gasteiger partial charge in [0.1, 0.15) is 11.9 Å². The molecule has 168 valence electrons. The first-order chi connectivity index (χ1) is 14.7. The van der Waals surface area contributed by atoms with E-state index in [0.29, 0.717) is 30.0 Å². The number of carbonyl (C=O) groups excluding carboxylic acids is 2. The third-order valence-electron chi connectivity index (χ3n) is 9.84. The Bertz CT molecular complexity index is 929. The second-order valence-electron chi connectivity index (χ2n) is 11.2. The van der Waals surface area contributed by atoms with Crippen molar-refractivity contribution < 1.29 is 18.7 Å². The maximum absolute atomic E-state index is 13.4. The first-order valence-corrected chi connectivity index (χ1v) is 12.0. The highest BCUT2D eigenvalue weighted by Gasteiger charge is 2.63. The van der Waals surface area contributed by atoms with Gasteiger partial charge in [-0.2, -0.15) is 0 Å². The molecule has 0 radical (unpaired) electrons. The molecule has 5 nitrogen and oxygen atoms in total. The molecule has 0 aromatic carbocycles.